The van der Waals surface area contributed by atoms with Gasteiger partial charge in [0.05, 0.1) is 7.11 Å². The van der Waals surface area contributed by atoms with Gasteiger partial charge in [-0.2, -0.15) is 0 Å². The number of hydrogen-bond donors (Lipinski definition) is 2. The largest absolute Gasteiger partial charge is 0.494 e. The molecule has 2 aliphatic heterocycles. The van der Waals surface area contributed by atoms with Crippen molar-refractivity contribution in [3.63, 3.8) is 0 Å². The molecule has 0 radical (unpaired) electrons. The van der Waals surface area contributed by atoms with Crippen LogP contribution in [-0.4, -0.2) is 33.7 Å². The van der Waals surface area contributed by atoms with Crippen LogP contribution in [0.2, 0.25) is 0 Å². The van der Waals surface area contributed by atoms with Crippen molar-refractivity contribution in [3.05, 3.63) is 11.4 Å². The van der Waals surface area contributed by atoms with E-state index in [1.54, 1.807) is 11.4 Å². The molecule has 0 aromatic carbocycles. The summed E-state index contributed by atoms with van der Waals surface area (Å²) in [6.07, 6.45) is 4.07. The fourth-order valence-corrected chi connectivity index (χ4v) is 5.61. The number of halogens is 1. The summed E-state index contributed by atoms with van der Waals surface area (Å²) in [7, 11) is -1.97. The molecule has 3 heterocycles. The van der Waals surface area contributed by atoms with E-state index in [1.807, 2.05) is 0 Å². The number of ether oxygens (including phenoxy) is 1. The first kappa shape index (κ1) is 16.0. The number of hydrogen-bond acceptors (Lipinski definition) is 5. The van der Waals surface area contributed by atoms with Crippen LogP contribution in [0.5, 0.6) is 5.75 Å². The molecule has 2 bridgehead atoms. The molecule has 2 N–H and O–H groups in total. The molecule has 1 aromatic rings. The Labute approximate surface area is 129 Å². The molecule has 0 saturated carbocycles. The van der Waals surface area contributed by atoms with Crippen LogP contribution in [0.25, 0.3) is 0 Å². The Morgan fingerprint density at radius 3 is 2.60 bits per heavy atom. The summed E-state index contributed by atoms with van der Waals surface area (Å²) in [5.41, 5.74) is 0. The summed E-state index contributed by atoms with van der Waals surface area (Å²) in [5, 5.41) is 5.24. The van der Waals surface area contributed by atoms with Crippen LogP contribution < -0.4 is 14.8 Å². The van der Waals surface area contributed by atoms with Crippen molar-refractivity contribution in [1.29, 1.82) is 0 Å². The molecular weight excluding hydrogens is 320 g/mol. The van der Waals surface area contributed by atoms with E-state index < -0.39 is 10.0 Å². The monoisotopic (exact) mass is 338 g/mol. The van der Waals surface area contributed by atoms with Crippen LogP contribution >= 0.6 is 23.7 Å². The van der Waals surface area contributed by atoms with Crippen LogP contribution in [0.4, 0.5) is 0 Å². The maximum absolute atomic E-state index is 12.4. The smallest absolute Gasteiger partial charge is 0.254 e. The molecule has 2 fully saturated rings. The Hall–Kier alpha value is -0.340. The zero-order valence-corrected chi connectivity index (χ0v) is 13.6. The Kier molecular flexibility index (Phi) is 4.96. The second-order valence-corrected chi connectivity index (χ2v) is 8.03. The minimum Gasteiger partial charge on any atom is -0.494 e. The van der Waals surface area contributed by atoms with Crippen LogP contribution in [-0.2, 0) is 10.0 Å². The Bertz CT molecular complexity index is 549. The van der Waals surface area contributed by atoms with Crippen LogP contribution in [0.15, 0.2) is 15.7 Å². The molecule has 0 spiro atoms. The highest BCUT2D eigenvalue weighted by molar-refractivity contribution is 7.91. The first-order valence-electron chi connectivity index (χ1n) is 6.48. The molecule has 8 heteroatoms. The van der Waals surface area contributed by atoms with Crippen molar-refractivity contribution >= 4 is 33.8 Å². The minimum atomic E-state index is -3.46. The van der Waals surface area contributed by atoms with Gasteiger partial charge < -0.3 is 10.1 Å². The van der Waals surface area contributed by atoms with Crippen LogP contribution in [0.1, 0.15) is 25.7 Å². The molecular formula is C12H19ClN2O3S2. The topological polar surface area (TPSA) is 67.4 Å². The normalized spacial score (nSPS) is 28.9. The van der Waals surface area contributed by atoms with E-state index in [4.69, 9.17) is 4.74 Å². The SMILES string of the molecule is COc1ccsc1S(=O)(=O)NC1CC2CCC(C1)N2.Cl. The van der Waals surface area contributed by atoms with Gasteiger partial charge in [0.2, 0.25) is 0 Å². The van der Waals surface area contributed by atoms with Gasteiger partial charge in [-0.1, -0.05) is 0 Å². The molecule has 0 aliphatic carbocycles. The molecule has 3 rings (SSSR count). The quantitative estimate of drug-likeness (QED) is 0.877. The molecule has 2 aliphatic rings. The first-order valence-corrected chi connectivity index (χ1v) is 8.84. The van der Waals surface area contributed by atoms with Crippen molar-refractivity contribution in [2.24, 2.45) is 0 Å². The second kappa shape index (κ2) is 6.19. The fourth-order valence-electron chi connectivity index (χ4n) is 3.06. The third-order valence-corrected chi connectivity index (χ3v) is 6.82. The van der Waals surface area contributed by atoms with Gasteiger partial charge in [-0.25, -0.2) is 13.1 Å². The van der Waals surface area contributed by atoms with Crippen molar-refractivity contribution < 1.29 is 13.2 Å². The number of methoxy groups -OCH3 is 1. The summed E-state index contributed by atoms with van der Waals surface area (Å²) in [6, 6.07) is 2.66. The van der Waals surface area contributed by atoms with Gasteiger partial charge in [-0.15, -0.1) is 23.7 Å². The van der Waals surface area contributed by atoms with E-state index in [0.717, 1.165) is 25.7 Å². The molecule has 1 aromatic heterocycles. The van der Waals surface area contributed by atoms with Crippen LogP contribution in [0, 0.1) is 0 Å². The summed E-state index contributed by atoms with van der Waals surface area (Å²) in [5.74, 6) is 0.425. The van der Waals surface area contributed by atoms with Gasteiger partial charge in [0.15, 0.2) is 4.21 Å². The lowest BCUT2D eigenvalue weighted by Gasteiger charge is -2.29. The van der Waals surface area contributed by atoms with Crippen molar-refractivity contribution in [1.82, 2.24) is 10.0 Å². The molecule has 20 heavy (non-hydrogen) atoms. The van der Waals surface area contributed by atoms with E-state index in [-0.39, 0.29) is 22.7 Å². The van der Waals surface area contributed by atoms with E-state index in [2.05, 4.69) is 10.0 Å². The van der Waals surface area contributed by atoms with E-state index >= 15 is 0 Å². The summed E-state index contributed by atoms with van der Waals surface area (Å²) in [6.45, 7) is 0. The standard InChI is InChI=1S/C12H18N2O3S2.ClH/c1-17-11-4-5-18-12(11)19(15,16)14-10-6-8-2-3-9(7-10)13-8;/h4-5,8-10,13-14H,2-3,6-7H2,1H3;1H. The zero-order valence-electron chi connectivity index (χ0n) is 11.2. The molecule has 2 atom stereocenters. The molecule has 114 valence electrons. The Balaban J connectivity index is 0.00000147. The number of rotatable bonds is 4. The summed E-state index contributed by atoms with van der Waals surface area (Å²) < 4.78 is 33.0. The third-order valence-electron chi connectivity index (χ3n) is 3.85. The maximum atomic E-state index is 12.4. The maximum Gasteiger partial charge on any atom is 0.254 e. The van der Waals surface area contributed by atoms with Gasteiger partial charge in [0.25, 0.3) is 10.0 Å². The van der Waals surface area contributed by atoms with Crippen LogP contribution in [0.3, 0.4) is 0 Å². The van der Waals surface area contributed by atoms with E-state index in [0.29, 0.717) is 17.8 Å². The van der Waals surface area contributed by atoms with Gasteiger partial charge in [-0.3, -0.25) is 0 Å². The lowest BCUT2D eigenvalue weighted by Crippen LogP contribution is -2.47. The van der Waals surface area contributed by atoms with Gasteiger partial charge in [0.1, 0.15) is 5.75 Å². The van der Waals surface area contributed by atoms with E-state index in [1.165, 1.54) is 18.4 Å². The minimum absolute atomic E-state index is 0. The highest BCUT2D eigenvalue weighted by atomic mass is 35.5. The number of sulfonamides is 1. The third kappa shape index (κ3) is 3.12. The predicted molar refractivity (Wildman–Crippen MR) is 81.4 cm³/mol. The Morgan fingerprint density at radius 2 is 2.00 bits per heavy atom. The number of nitrogens with one attached hydrogen (secondary N) is 2. The molecule has 2 unspecified atom stereocenters. The number of thiophene rings is 1. The molecule has 5 nitrogen and oxygen atoms in total. The summed E-state index contributed by atoms with van der Waals surface area (Å²) in [4.78, 5) is 0. The van der Waals surface area contributed by atoms with Crippen molar-refractivity contribution in [3.8, 4) is 5.75 Å². The molecule has 0 amide bonds. The lowest BCUT2D eigenvalue weighted by molar-refractivity contribution is 0.344. The van der Waals surface area contributed by atoms with Crippen molar-refractivity contribution in [2.75, 3.05) is 7.11 Å². The predicted octanol–water partition coefficient (Wildman–Crippen LogP) is 1.74. The fraction of sp³-hybridized carbons (Fsp3) is 0.667. The first-order chi connectivity index (χ1) is 9.08. The van der Waals surface area contributed by atoms with Gasteiger partial charge in [-0.05, 0) is 37.1 Å². The Morgan fingerprint density at radius 1 is 1.35 bits per heavy atom. The van der Waals surface area contributed by atoms with Gasteiger partial charge >= 0.3 is 0 Å². The molecule has 2 saturated heterocycles. The van der Waals surface area contributed by atoms with Gasteiger partial charge in [0, 0.05) is 18.1 Å². The number of fused-ring (bicyclic) bond motifs is 2. The zero-order chi connectivity index (χ0) is 13.5. The second-order valence-electron chi connectivity index (χ2n) is 5.20. The average molecular weight is 339 g/mol. The highest BCUT2D eigenvalue weighted by Gasteiger charge is 2.36. The highest BCUT2D eigenvalue weighted by Crippen LogP contribution is 2.32. The lowest BCUT2D eigenvalue weighted by atomic mass is 10.0. The average Bonchev–Trinajstić information content (AvgIpc) is 2.95. The van der Waals surface area contributed by atoms with E-state index in [9.17, 15) is 8.42 Å². The summed E-state index contributed by atoms with van der Waals surface area (Å²) >= 11 is 1.20. The number of piperidine rings is 1. The van der Waals surface area contributed by atoms with Crippen molar-refractivity contribution in [2.45, 2.75) is 48.0 Å².